The van der Waals surface area contributed by atoms with Crippen molar-refractivity contribution in [3.63, 3.8) is 0 Å². The summed E-state index contributed by atoms with van der Waals surface area (Å²) in [6, 6.07) is 9.54. The van der Waals surface area contributed by atoms with E-state index >= 15 is 0 Å². The number of aryl methyl sites for hydroxylation is 1. The Kier molecular flexibility index (Phi) is 3.26. The van der Waals surface area contributed by atoms with Crippen molar-refractivity contribution in [1.29, 1.82) is 0 Å². The average Bonchev–Trinajstić information content (AvgIpc) is 2.32. The summed E-state index contributed by atoms with van der Waals surface area (Å²) >= 11 is 6.04. The molecule has 0 aromatic heterocycles. The first-order valence-electron chi connectivity index (χ1n) is 5.32. The summed E-state index contributed by atoms with van der Waals surface area (Å²) in [6.45, 7) is 1.82. The number of carbonyl (C=O) groups is 1. The number of carboxylic acids is 1. The Morgan fingerprint density at radius 3 is 2.50 bits per heavy atom. The number of aromatic carboxylic acids is 1. The third-order valence-corrected chi connectivity index (χ3v) is 2.98. The summed E-state index contributed by atoms with van der Waals surface area (Å²) in [5.41, 5.74) is 2.03. The average molecular weight is 263 g/mol. The Hall–Kier alpha value is -2.00. The molecule has 92 valence electrons. The smallest absolute Gasteiger partial charge is 0.336 e. The molecule has 0 aliphatic heterocycles. The van der Waals surface area contributed by atoms with Crippen molar-refractivity contribution in [1.82, 2.24) is 0 Å². The van der Waals surface area contributed by atoms with Crippen LogP contribution in [0.4, 0.5) is 0 Å². The number of aromatic hydroxyl groups is 1. The zero-order valence-electron chi connectivity index (χ0n) is 9.64. The Labute approximate surface area is 109 Å². The second kappa shape index (κ2) is 4.70. The predicted octanol–water partition coefficient (Wildman–Crippen LogP) is 3.72. The van der Waals surface area contributed by atoms with Crippen molar-refractivity contribution in [2.24, 2.45) is 0 Å². The maximum Gasteiger partial charge on any atom is 0.336 e. The molecule has 0 amide bonds. The Balaban J connectivity index is 2.70. The summed E-state index contributed by atoms with van der Waals surface area (Å²) in [5, 5.41) is 19.1. The van der Waals surface area contributed by atoms with Gasteiger partial charge in [0.05, 0.1) is 5.56 Å². The van der Waals surface area contributed by atoms with Gasteiger partial charge in [0, 0.05) is 10.6 Å². The van der Waals surface area contributed by atoms with Crippen LogP contribution in [0.3, 0.4) is 0 Å². The first kappa shape index (κ1) is 12.5. The maximum absolute atomic E-state index is 11.2. The van der Waals surface area contributed by atoms with Gasteiger partial charge in [0.2, 0.25) is 0 Å². The van der Waals surface area contributed by atoms with Crippen LogP contribution >= 0.6 is 11.6 Å². The SMILES string of the molecule is Cc1ccc(-c2cc(O)ccc2Cl)c(C(=O)O)c1. The highest BCUT2D eigenvalue weighted by atomic mass is 35.5. The molecule has 0 radical (unpaired) electrons. The molecule has 0 unspecified atom stereocenters. The molecule has 0 fully saturated rings. The summed E-state index contributed by atoms with van der Waals surface area (Å²) in [7, 11) is 0. The minimum absolute atomic E-state index is 0.0475. The monoisotopic (exact) mass is 262 g/mol. The van der Waals surface area contributed by atoms with E-state index in [1.165, 1.54) is 18.2 Å². The molecular weight excluding hydrogens is 252 g/mol. The van der Waals surface area contributed by atoms with Gasteiger partial charge in [0.15, 0.2) is 0 Å². The van der Waals surface area contributed by atoms with Crippen LogP contribution in [0.2, 0.25) is 5.02 Å². The highest BCUT2D eigenvalue weighted by molar-refractivity contribution is 6.33. The number of benzene rings is 2. The van der Waals surface area contributed by atoms with Gasteiger partial charge < -0.3 is 10.2 Å². The molecule has 0 heterocycles. The zero-order chi connectivity index (χ0) is 13.3. The van der Waals surface area contributed by atoms with E-state index in [1.54, 1.807) is 12.1 Å². The molecule has 2 N–H and O–H groups in total. The van der Waals surface area contributed by atoms with Gasteiger partial charge in [-0.1, -0.05) is 29.3 Å². The first-order chi connectivity index (χ1) is 8.49. The lowest BCUT2D eigenvalue weighted by Gasteiger charge is -2.09. The van der Waals surface area contributed by atoms with E-state index in [2.05, 4.69) is 0 Å². The maximum atomic E-state index is 11.2. The van der Waals surface area contributed by atoms with Gasteiger partial charge in [-0.05, 0) is 36.8 Å². The summed E-state index contributed by atoms with van der Waals surface area (Å²) < 4.78 is 0. The molecule has 4 heteroatoms. The van der Waals surface area contributed by atoms with Gasteiger partial charge in [-0.25, -0.2) is 4.79 Å². The van der Waals surface area contributed by atoms with Crippen LogP contribution in [0.25, 0.3) is 11.1 Å². The summed E-state index contributed by atoms with van der Waals surface area (Å²) in [5.74, 6) is -0.973. The van der Waals surface area contributed by atoms with E-state index < -0.39 is 5.97 Å². The molecular formula is C14H11ClO3. The van der Waals surface area contributed by atoms with Gasteiger partial charge in [0.25, 0.3) is 0 Å². The van der Waals surface area contributed by atoms with E-state index in [-0.39, 0.29) is 11.3 Å². The van der Waals surface area contributed by atoms with Crippen LogP contribution in [0.1, 0.15) is 15.9 Å². The molecule has 0 spiro atoms. The fourth-order valence-corrected chi connectivity index (χ4v) is 2.01. The van der Waals surface area contributed by atoms with Gasteiger partial charge in [0.1, 0.15) is 5.75 Å². The predicted molar refractivity (Wildman–Crippen MR) is 70.2 cm³/mol. The van der Waals surface area contributed by atoms with Crippen molar-refractivity contribution in [3.8, 4) is 16.9 Å². The Morgan fingerprint density at radius 2 is 1.83 bits per heavy atom. The molecule has 2 rings (SSSR count). The number of rotatable bonds is 2. The molecule has 18 heavy (non-hydrogen) atoms. The molecule has 2 aromatic rings. The number of phenols is 1. The van der Waals surface area contributed by atoms with E-state index in [0.29, 0.717) is 16.1 Å². The second-order valence-corrected chi connectivity index (χ2v) is 4.43. The van der Waals surface area contributed by atoms with Crippen molar-refractivity contribution in [2.45, 2.75) is 6.92 Å². The third kappa shape index (κ3) is 2.31. The molecule has 0 aliphatic carbocycles. The third-order valence-electron chi connectivity index (χ3n) is 2.65. The van der Waals surface area contributed by atoms with E-state index in [0.717, 1.165) is 5.56 Å². The Morgan fingerprint density at radius 1 is 1.11 bits per heavy atom. The standard InChI is InChI=1S/C14H11ClO3/c1-8-2-4-10(12(6-8)14(17)18)11-7-9(16)3-5-13(11)15/h2-7,16H,1H3,(H,17,18). The van der Waals surface area contributed by atoms with Crippen LogP contribution in [0, 0.1) is 6.92 Å². The van der Waals surface area contributed by atoms with Crippen molar-refractivity contribution in [2.75, 3.05) is 0 Å². The van der Waals surface area contributed by atoms with Gasteiger partial charge in [-0.15, -0.1) is 0 Å². The van der Waals surface area contributed by atoms with Crippen LogP contribution in [-0.2, 0) is 0 Å². The van der Waals surface area contributed by atoms with E-state index in [9.17, 15) is 15.0 Å². The fraction of sp³-hybridized carbons (Fsp3) is 0.0714. The fourth-order valence-electron chi connectivity index (χ4n) is 1.79. The topological polar surface area (TPSA) is 57.5 Å². The minimum Gasteiger partial charge on any atom is -0.508 e. The molecule has 0 saturated carbocycles. The van der Waals surface area contributed by atoms with E-state index in [1.807, 2.05) is 13.0 Å². The van der Waals surface area contributed by atoms with Crippen LogP contribution in [0.15, 0.2) is 36.4 Å². The van der Waals surface area contributed by atoms with Crippen molar-refractivity contribution < 1.29 is 15.0 Å². The number of hydrogen-bond acceptors (Lipinski definition) is 2. The van der Waals surface area contributed by atoms with Gasteiger partial charge >= 0.3 is 5.97 Å². The van der Waals surface area contributed by atoms with Crippen molar-refractivity contribution >= 4 is 17.6 Å². The van der Waals surface area contributed by atoms with Crippen LogP contribution in [-0.4, -0.2) is 16.2 Å². The highest BCUT2D eigenvalue weighted by Crippen LogP contribution is 2.33. The Bertz CT molecular complexity index is 620. The molecule has 0 aliphatic rings. The molecule has 2 aromatic carbocycles. The number of halogens is 1. The summed E-state index contributed by atoms with van der Waals surface area (Å²) in [4.78, 5) is 11.2. The number of phenolic OH excluding ortho intramolecular Hbond substituents is 1. The normalized spacial score (nSPS) is 10.3. The highest BCUT2D eigenvalue weighted by Gasteiger charge is 2.14. The van der Waals surface area contributed by atoms with Crippen LogP contribution < -0.4 is 0 Å². The second-order valence-electron chi connectivity index (χ2n) is 4.02. The summed E-state index contributed by atoms with van der Waals surface area (Å²) in [6.07, 6.45) is 0. The quantitative estimate of drug-likeness (QED) is 0.867. The lowest BCUT2D eigenvalue weighted by Crippen LogP contribution is -2.00. The van der Waals surface area contributed by atoms with Gasteiger partial charge in [-0.3, -0.25) is 0 Å². The zero-order valence-corrected chi connectivity index (χ0v) is 10.4. The van der Waals surface area contributed by atoms with Gasteiger partial charge in [-0.2, -0.15) is 0 Å². The molecule has 0 bridgehead atoms. The lowest BCUT2D eigenvalue weighted by molar-refractivity contribution is 0.0697. The molecule has 0 atom stereocenters. The van der Waals surface area contributed by atoms with Crippen LogP contribution in [0.5, 0.6) is 5.75 Å². The molecule has 3 nitrogen and oxygen atoms in total. The number of hydrogen-bond donors (Lipinski definition) is 2. The van der Waals surface area contributed by atoms with E-state index in [4.69, 9.17) is 11.6 Å². The largest absolute Gasteiger partial charge is 0.508 e. The van der Waals surface area contributed by atoms with Crippen molar-refractivity contribution in [3.05, 3.63) is 52.5 Å². The lowest BCUT2D eigenvalue weighted by atomic mass is 9.97. The minimum atomic E-state index is -1.02. The number of carboxylic acid groups (broad SMARTS) is 1. The first-order valence-corrected chi connectivity index (χ1v) is 5.69. The molecule has 0 saturated heterocycles.